The highest BCUT2D eigenvalue weighted by molar-refractivity contribution is 7.92. The van der Waals surface area contributed by atoms with E-state index >= 15 is 0 Å². The Labute approximate surface area is 166 Å². The van der Waals surface area contributed by atoms with E-state index in [9.17, 15) is 8.42 Å². The summed E-state index contributed by atoms with van der Waals surface area (Å²) < 4.78 is 28.2. The second-order valence-electron chi connectivity index (χ2n) is 6.37. The molecule has 1 aliphatic rings. The van der Waals surface area contributed by atoms with E-state index in [1.54, 1.807) is 36.4 Å². The van der Waals surface area contributed by atoms with Crippen LogP contribution in [-0.4, -0.2) is 46.5 Å². The molecular formula is C18H23Cl2N3O2S. The minimum atomic E-state index is -3.66. The molecule has 2 aromatic rings. The van der Waals surface area contributed by atoms with Gasteiger partial charge in [0.05, 0.1) is 16.3 Å². The Balaban J connectivity index is 0.00000243. The van der Waals surface area contributed by atoms with Crippen molar-refractivity contribution >= 4 is 45.4 Å². The number of likely N-dealkylation sites (N-methyl/N-ethyl adjacent to an activating group) is 1. The zero-order chi connectivity index (χ0) is 18.0. The van der Waals surface area contributed by atoms with Gasteiger partial charge in [-0.15, -0.1) is 12.4 Å². The van der Waals surface area contributed by atoms with Gasteiger partial charge in [0.1, 0.15) is 0 Å². The predicted octanol–water partition coefficient (Wildman–Crippen LogP) is 3.62. The molecular weight excluding hydrogens is 393 g/mol. The molecule has 3 rings (SSSR count). The van der Waals surface area contributed by atoms with Crippen LogP contribution >= 0.6 is 24.0 Å². The highest BCUT2D eigenvalue weighted by Crippen LogP contribution is 2.31. The minimum Gasteiger partial charge on any atom is -0.367 e. The lowest BCUT2D eigenvalue weighted by molar-refractivity contribution is 0.313. The topological polar surface area (TPSA) is 52.7 Å². The van der Waals surface area contributed by atoms with E-state index in [-0.39, 0.29) is 17.3 Å². The average molecular weight is 416 g/mol. The lowest BCUT2D eigenvalue weighted by Crippen LogP contribution is -2.44. The van der Waals surface area contributed by atoms with Crippen LogP contribution in [0.5, 0.6) is 0 Å². The molecule has 0 saturated carbocycles. The molecule has 0 radical (unpaired) electrons. The van der Waals surface area contributed by atoms with Crippen LogP contribution in [0.3, 0.4) is 0 Å². The number of sulfonamides is 1. The van der Waals surface area contributed by atoms with Gasteiger partial charge in [0, 0.05) is 31.2 Å². The number of anilines is 2. The lowest BCUT2D eigenvalue weighted by Gasteiger charge is -2.35. The summed E-state index contributed by atoms with van der Waals surface area (Å²) in [6.45, 7) is 5.49. The van der Waals surface area contributed by atoms with E-state index in [1.165, 1.54) is 0 Å². The molecule has 142 valence electrons. The van der Waals surface area contributed by atoms with Crippen LogP contribution in [0.15, 0.2) is 47.4 Å². The maximum absolute atomic E-state index is 12.7. The van der Waals surface area contributed by atoms with Crippen molar-refractivity contribution in [2.24, 2.45) is 0 Å². The molecule has 0 atom stereocenters. The number of rotatable bonds is 4. The molecule has 0 aromatic heterocycles. The summed E-state index contributed by atoms with van der Waals surface area (Å²) in [5.74, 6) is 0. The second kappa shape index (κ2) is 8.48. The number of aryl methyl sites for hydroxylation is 1. The summed E-state index contributed by atoms with van der Waals surface area (Å²) in [4.78, 5) is 4.67. The Kier molecular flexibility index (Phi) is 6.80. The molecule has 0 unspecified atom stereocenters. The first-order valence-corrected chi connectivity index (χ1v) is 10.0. The van der Waals surface area contributed by atoms with Gasteiger partial charge in [-0.1, -0.05) is 29.3 Å². The van der Waals surface area contributed by atoms with E-state index in [1.807, 2.05) is 13.0 Å². The summed E-state index contributed by atoms with van der Waals surface area (Å²) in [7, 11) is -1.58. The van der Waals surface area contributed by atoms with Gasteiger partial charge in [0.2, 0.25) is 0 Å². The fraction of sp³-hybridized carbons (Fsp3) is 0.333. The molecule has 0 aliphatic carbocycles. The van der Waals surface area contributed by atoms with Crippen molar-refractivity contribution in [3.05, 3.63) is 53.1 Å². The van der Waals surface area contributed by atoms with Crippen LogP contribution in [0.1, 0.15) is 5.56 Å². The third-order valence-corrected chi connectivity index (χ3v) is 5.99. The predicted molar refractivity (Wildman–Crippen MR) is 110 cm³/mol. The van der Waals surface area contributed by atoms with E-state index < -0.39 is 10.0 Å². The van der Waals surface area contributed by atoms with Crippen LogP contribution in [0.25, 0.3) is 0 Å². The molecule has 2 aromatic carbocycles. The summed E-state index contributed by atoms with van der Waals surface area (Å²) in [6.07, 6.45) is 0. The molecule has 5 nitrogen and oxygen atoms in total. The normalized spacial score (nSPS) is 15.4. The number of nitrogens with zero attached hydrogens (tertiary/aromatic N) is 2. The van der Waals surface area contributed by atoms with Crippen molar-refractivity contribution in [1.82, 2.24) is 4.90 Å². The zero-order valence-electron chi connectivity index (χ0n) is 14.8. The van der Waals surface area contributed by atoms with Gasteiger partial charge in [0.25, 0.3) is 10.0 Å². The largest absolute Gasteiger partial charge is 0.367 e. The molecule has 0 spiro atoms. The number of nitrogens with one attached hydrogen (secondary N) is 1. The van der Waals surface area contributed by atoms with Crippen molar-refractivity contribution in [2.45, 2.75) is 11.8 Å². The average Bonchev–Trinajstić information content (AvgIpc) is 2.56. The van der Waals surface area contributed by atoms with Crippen molar-refractivity contribution in [2.75, 3.05) is 42.8 Å². The third kappa shape index (κ3) is 4.82. The zero-order valence-corrected chi connectivity index (χ0v) is 17.2. The van der Waals surface area contributed by atoms with Gasteiger partial charge in [-0.05, 0) is 44.3 Å². The van der Waals surface area contributed by atoms with Crippen LogP contribution in [0.4, 0.5) is 11.4 Å². The quantitative estimate of drug-likeness (QED) is 0.827. The SMILES string of the molecule is Cc1ccc(S(=O)(=O)Nc2cc(Cl)ccc2N2CCN(C)CC2)cc1.Cl. The first-order chi connectivity index (χ1) is 11.8. The van der Waals surface area contributed by atoms with Crippen LogP contribution < -0.4 is 9.62 Å². The standard InChI is InChI=1S/C18H22ClN3O2S.ClH/c1-14-3-6-16(7-4-14)25(23,24)20-17-13-15(19)5-8-18(17)22-11-9-21(2)10-12-22;/h3-8,13,20H,9-12H2,1-2H3;1H. The van der Waals surface area contributed by atoms with Crippen molar-refractivity contribution in [3.63, 3.8) is 0 Å². The molecule has 0 bridgehead atoms. The smallest absolute Gasteiger partial charge is 0.261 e. The number of hydrogen-bond acceptors (Lipinski definition) is 4. The Bertz CT molecular complexity index is 849. The van der Waals surface area contributed by atoms with E-state index in [4.69, 9.17) is 11.6 Å². The second-order valence-corrected chi connectivity index (χ2v) is 8.49. The summed E-state index contributed by atoms with van der Waals surface area (Å²) >= 11 is 6.11. The molecule has 1 N–H and O–H groups in total. The van der Waals surface area contributed by atoms with Crippen molar-refractivity contribution in [3.8, 4) is 0 Å². The maximum atomic E-state index is 12.7. The van der Waals surface area contributed by atoms with Gasteiger partial charge < -0.3 is 9.80 Å². The van der Waals surface area contributed by atoms with Crippen LogP contribution in [-0.2, 0) is 10.0 Å². The first kappa shape index (κ1) is 20.8. The molecule has 1 saturated heterocycles. The molecule has 0 amide bonds. The Hall–Kier alpha value is -1.47. The summed E-state index contributed by atoms with van der Waals surface area (Å²) in [5.41, 5.74) is 2.38. The van der Waals surface area contributed by atoms with Gasteiger partial charge in [-0.2, -0.15) is 0 Å². The van der Waals surface area contributed by atoms with Crippen molar-refractivity contribution in [1.29, 1.82) is 0 Å². The van der Waals surface area contributed by atoms with Crippen LogP contribution in [0, 0.1) is 6.92 Å². The van der Waals surface area contributed by atoms with E-state index in [2.05, 4.69) is 21.6 Å². The third-order valence-electron chi connectivity index (χ3n) is 4.38. The number of hydrogen-bond donors (Lipinski definition) is 1. The Morgan fingerprint density at radius 3 is 2.23 bits per heavy atom. The summed E-state index contributed by atoms with van der Waals surface area (Å²) in [6, 6.07) is 12.1. The Morgan fingerprint density at radius 1 is 1.00 bits per heavy atom. The monoisotopic (exact) mass is 415 g/mol. The molecule has 1 fully saturated rings. The highest BCUT2D eigenvalue weighted by atomic mass is 35.5. The molecule has 26 heavy (non-hydrogen) atoms. The molecule has 1 heterocycles. The summed E-state index contributed by atoms with van der Waals surface area (Å²) in [5, 5.41) is 0.500. The van der Waals surface area contributed by atoms with Gasteiger partial charge in [0.15, 0.2) is 0 Å². The van der Waals surface area contributed by atoms with Gasteiger partial charge in [-0.25, -0.2) is 8.42 Å². The minimum absolute atomic E-state index is 0. The van der Waals surface area contributed by atoms with Crippen molar-refractivity contribution < 1.29 is 8.42 Å². The lowest BCUT2D eigenvalue weighted by atomic mass is 10.2. The fourth-order valence-electron chi connectivity index (χ4n) is 2.83. The number of halogens is 2. The molecule has 8 heteroatoms. The van der Waals surface area contributed by atoms with Gasteiger partial charge in [-0.3, -0.25) is 4.72 Å². The number of benzene rings is 2. The van der Waals surface area contributed by atoms with Gasteiger partial charge >= 0.3 is 0 Å². The maximum Gasteiger partial charge on any atom is 0.261 e. The Morgan fingerprint density at radius 2 is 1.62 bits per heavy atom. The fourth-order valence-corrected chi connectivity index (χ4v) is 4.07. The van der Waals surface area contributed by atoms with Crippen LogP contribution in [0.2, 0.25) is 5.02 Å². The highest BCUT2D eigenvalue weighted by Gasteiger charge is 2.21. The number of piperazine rings is 1. The first-order valence-electron chi connectivity index (χ1n) is 8.18. The van der Waals surface area contributed by atoms with E-state index in [0.717, 1.165) is 37.4 Å². The van der Waals surface area contributed by atoms with E-state index in [0.29, 0.717) is 10.7 Å². The molecule has 1 aliphatic heterocycles.